The van der Waals surface area contributed by atoms with Gasteiger partial charge in [-0.2, -0.15) is 0 Å². The zero-order chi connectivity index (χ0) is 9.59. The van der Waals surface area contributed by atoms with Crippen LogP contribution in [0.1, 0.15) is 34.5 Å². The molecular weight excluding hydrogens is 164 g/mol. The van der Waals surface area contributed by atoms with E-state index in [2.05, 4.69) is 0 Å². The second-order valence-electron chi connectivity index (χ2n) is 3.48. The molecule has 1 aliphatic heterocycles. The quantitative estimate of drug-likeness (QED) is 0.479. The monoisotopic (exact) mass is 176 g/mol. The Balaban J connectivity index is 2.60. The number of nitrogens with zero attached hydrogens (tertiary/aromatic N) is 1. The van der Waals surface area contributed by atoms with Crippen molar-refractivity contribution >= 4 is 5.91 Å². The molecule has 1 heterocycles. The fraction of sp³-hybridized carbons (Fsp3) is 0.300. The molecule has 3 nitrogen and oxygen atoms in total. The maximum atomic E-state index is 11.6. The number of hydrogen-bond acceptors (Lipinski definition) is 2. The van der Waals surface area contributed by atoms with Crippen LogP contribution in [0.5, 0.6) is 0 Å². The second-order valence-corrected chi connectivity index (χ2v) is 3.48. The van der Waals surface area contributed by atoms with Crippen LogP contribution in [0.15, 0.2) is 18.2 Å². The Morgan fingerprint density at radius 2 is 2.15 bits per heavy atom. The number of rotatable bonds is 0. The Labute approximate surface area is 77.1 Å². The molecule has 68 valence electrons. The molecule has 0 spiro atoms. The van der Waals surface area contributed by atoms with E-state index >= 15 is 0 Å². The lowest BCUT2D eigenvalue weighted by Crippen LogP contribution is -2.33. The predicted molar refractivity (Wildman–Crippen MR) is 50.0 cm³/mol. The summed E-state index contributed by atoms with van der Waals surface area (Å²) in [6.45, 7) is 3.90. The van der Waals surface area contributed by atoms with Gasteiger partial charge in [0.25, 0.3) is 5.91 Å². The number of carbonyl (C=O) groups excluding carboxylic acids is 1. The highest BCUT2D eigenvalue weighted by molar-refractivity contribution is 5.98. The Hall–Kier alpha value is -1.35. The van der Waals surface area contributed by atoms with Crippen LogP contribution in [0.25, 0.3) is 0 Å². The van der Waals surface area contributed by atoms with E-state index in [1.54, 1.807) is 0 Å². The van der Waals surface area contributed by atoms with Crippen LogP contribution in [0.4, 0.5) is 0 Å². The summed E-state index contributed by atoms with van der Waals surface area (Å²) in [7, 11) is 0. The molecule has 1 aliphatic rings. The van der Waals surface area contributed by atoms with Crippen molar-refractivity contribution in [3.05, 3.63) is 34.9 Å². The van der Waals surface area contributed by atoms with Crippen molar-refractivity contribution < 1.29 is 4.79 Å². The molecule has 1 atom stereocenters. The minimum absolute atomic E-state index is 0.00287. The summed E-state index contributed by atoms with van der Waals surface area (Å²) in [6, 6.07) is 5.87. The smallest absolute Gasteiger partial charge is 0.268 e. The number of benzene rings is 1. The Morgan fingerprint density at radius 3 is 2.85 bits per heavy atom. The lowest BCUT2D eigenvalue weighted by atomic mass is 10.0. The van der Waals surface area contributed by atoms with E-state index in [4.69, 9.17) is 5.84 Å². The van der Waals surface area contributed by atoms with Gasteiger partial charge in [-0.05, 0) is 25.5 Å². The van der Waals surface area contributed by atoms with Gasteiger partial charge in [-0.3, -0.25) is 9.80 Å². The summed E-state index contributed by atoms with van der Waals surface area (Å²) in [5.74, 6) is 5.53. The standard InChI is InChI=1S/C10H12N2O/c1-6-3-4-8-7(2)12(11)10(13)9(8)5-6/h3-5,7H,11H2,1-2H3. The van der Waals surface area contributed by atoms with Crippen molar-refractivity contribution in [2.75, 3.05) is 0 Å². The first-order valence-electron chi connectivity index (χ1n) is 4.30. The first-order chi connectivity index (χ1) is 6.11. The number of aryl methyl sites for hydroxylation is 1. The molecule has 1 aromatic rings. The summed E-state index contributed by atoms with van der Waals surface area (Å²) in [4.78, 5) is 11.6. The number of hydrogen-bond donors (Lipinski definition) is 1. The van der Waals surface area contributed by atoms with Gasteiger partial charge in [-0.25, -0.2) is 5.84 Å². The van der Waals surface area contributed by atoms with E-state index in [1.807, 2.05) is 32.0 Å². The zero-order valence-electron chi connectivity index (χ0n) is 7.74. The van der Waals surface area contributed by atoms with E-state index in [9.17, 15) is 4.79 Å². The molecule has 0 saturated heterocycles. The van der Waals surface area contributed by atoms with E-state index in [1.165, 1.54) is 5.01 Å². The van der Waals surface area contributed by atoms with Gasteiger partial charge in [0, 0.05) is 5.56 Å². The fourth-order valence-electron chi connectivity index (χ4n) is 1.68. The highest BCUT2D eigenvalue weighted by atomic mass is 16.2. The van der Waals surface area contributed by atoms with Gasteiger partial charge in [-0.15, -0.1) is 0 Å². The average molecular weight is 176 g/mol. The number of carbonyl (C=O) groups is 1. The number of nitrogens with two attached hydrogens (primary N) is 1. The first-order valence-corrected chi connectivity index (χ1v) is 4.30. The van der Waals surface area contributed by atoms with Crippen molar-refractivity contribution in [2.24, 2.45) is 5.84 Å². The highest BCUT2D eigenvalue weighted by Gasteiger charge is 2.31. The first kappa shape index (κ1) is 8.26. The van der Waals surface area contributed by atoms with Gasteiger partial charge in [0.05, 0.1) is 6.04 Å². The van der Waals surface area contributed by atoms with Crippen molar-refractivity contribution in [3.8, 4) is 0 Å². The molecule has 13 heavy (non-hydrogen) atoms. The SMILES string of the molecule is Cc1ccc2c(c1)C(=O)N(N)C2C. The van der Waals surface area contributed by atoms with Crippen molar-refractivity contribution in [1.82, 2.24) is 5.01 Å². The van der Waals surface area contributed by atoms with Gasteiger partial charge in [0.1, 0.15) is 0 Å². The highest BCUT2D eigenvalue weighted by Crippen LogP contribution is 2.30. The van der Waals surface area contributed by atoms with Crippen molar-refractivity contribution in [3.63, 3.8) is 0 Å². The molecule has 2 N–H and O–H groups in total. The fourth-order valence-corrected chi connectivity index (χ4v) is 1.68. The van der Waals surface area contributed by atoms with E-state index < -0.39 is 0 Å². The summed E-state index contributed by atoms with van der Waals surface area (Å²) in [6.07, 6.45) is 0. The number of hydrazine groups is 1. The van der Waals surface area contributed by atoms with E-state index in [-0.39, 0.29) is 11.9 Å². The van der Waals surface area contributed by atoms with Crippen LogP contribution < -0.4 is 5.84 Å². The Morgan fingerprint density at radius 1 is 1.46 bits per heavy atom. The summed E-state index contributed by atoms with van der Waals surface area (Å²) < 4.78 is 0. The third-order valence-corrected chi connectivity index (χ3v) is 2.54. The second kappa shape index (κ2) is 2.57. The minimum Gasteiger partial charge on any atom is -0.269 e. The molecule has 3 heteroatoms. The average Bonchev–Trinajstić information content (AvgIpc) is 2.32. The van der Waals surface area contributed by atoms with Gasteiger partial charge >= 0.3 is 0 Å². The molecule has 1 unspecified atom stereocenters. The number of fused-ring (bicyclic) bond motifs is 1. The molecule has 0 fully saturated rings. The predicted octanol–water partition coefficient (Wildman–Crippen LogP) is 1.39. The molecule has 0 radical (unpaired) electrons. The van der Waals surface area contributed by atoms with Gasteiger partial charge in [0.15, 0.2) is 0 Å². The van der Waals surface area contributed by atoms with Crippen molar-refractivity contribution in [1.29, 1.82) is 0 Å². The molecular formula is C10H12N2O. The van der Waals surface area contributed by atoms with Crippen LogP contribution in [-0.2, 0) is 0 Å². The summed E-state index contributed by atoms with van der Waals surface area (Å²) in [5, 5.41) is 1.28. The molecule has 1 aromatic carbocycles. The zero-order valence-corrected chi connectivity index (χ0v) is 7.74. The van der Waals surface area contributed by atoms with Gasteiger partial charge in [-0.1, -0.05) is 17.7 Å². The maximum absolute atomic E-state index is 11.6. The molecule has 0 bridgehead atoms. The third kappa shape index (κ3) is 1.04. The minimum atomic E-state index is -0.0776. The summed E-state index contributed by atoms with van der Waals surface area (Å²) in [5.41, 5.74) is 2.86. The van der Waals surface area contributed by atoms with Crippen LogP contribution in [0, 0.1) is 6.92 Å². The van der Waals surface area contributed by atoms with Crippen LogP contribution in [0.2, 0.25) is 0 Å². The molecule has 0 aliphatic carbocycles. The lowest BCUT2D eigenvalue weighted by Gasteiger charge is -2.14. The molecule has 2 rings (SSSR count). The lowest BCUT2D eigenvalue weighted by molar-refractivity contribution is 0.0737. The largest absolute Gasteiger partial charge is 0.269 e. The summed E-state index contributed by atoms with van der Waals surface area (Å²) >= 11 is 0. The van der Waals surface area contributed by atoms with E-state index in [0.717, 1.165) is 16.7 Å². The van der Waals surface area contributed by atoms with Crippen LogP contribution >= 0.6 is 0 Å². The van der Waals surface area contributed by atoms with Crippen molar-refractivity contribution in [2.45, 2.75) is 19.9 Å². The third-order valence-electron chi connectivity index (χ3n) is 2.54. The van der Waals surface area contributed by atoms with Gasteiger partial charge in [0.2, 0.25) is 0 Å². The normalized spacial score (nSPS) is 20.7. The molecule has 0 aromatic heterocycles. The number of amides is 1. The maximum Gasteiger partial charge on any atom is 0.268 e. The molecule has 1 amide bonds. The molecule has 0 saturated carbocycles. The Bertz CT molecular complexity index is 373. The van der Waals surface area contributed by atoms with Gasteiger partial charge < -0.3 is 0 Å². The Kier molecular flexibility index (Phi) is 1.63. The topological polar surface area (TPSA) is 46.3 Å². The van der Waals surface area contributed by atoms with Crippen LogP contribution in [0.3, 0.4) is 0 Å². The van der Waals surface area contributed by atoms with Crippen LogP contribution in [-0.4, -0.2) is 10.9 Å². The van der Waals surface area contributed by atoms with E-state index in [0.29, 0.717) is 0 Å².